The molecule has 0 unspecified atom stereocenters. The molecule has 0 atom stereocenters. The summed E-state index contributed by atoms with van der Waals surface area (Å²) in [5, 5.41) is 28.9. The lowest BCUT2D eigenvalue weighted by molar-refractivity contribution is 0.282. The van der Waals surface area contributed by atoms with Crippen LogP contribution in [0.25, 0.3) is 10.8 Å². The number of hydrogen-bond acceptors (Lipinski definition) is 4. The highest BCUT2D eigenvalue weighted by atomic mass is 35.5. The predicted octanol–water partition coefficient (Wildman–Crippen LogP) is 1.55. The van der Waals surface area contributed by atoms with E-state index in [1.165, 1.54) is 6.07 Å². The first-order chi connectivity index (χ1) is 7.58. The average Bonchev–Trinajstić information content (AvgIpc) is 2.22. The average molecular weight is 238 g/mol. The van der Waals surface area contributed by atoms with Crippen molar-refractivity contribution in [2.24, 2.45) is 0 Å². The fraction of sp³-hybridized carbons (Fsp3) is 0. The lowest BCUT2D eigenvalue weighted by Gasteiger charge is -2.09. The van der Waals surface area contributed by atoms with Crippen molar-refractivity contribution in [1.29, 1.82) is 0 Å². The Labute approximate surface area is 96.8 Å². The molecule has 0 aliphatic rings. The van der Waals surface area contributed by atoms with E-state index in [-0.39, 0.29) is 11.5 Å². The van der Waals surface area contributed by atoms with Crippen molar-refractivity contribution in [1.82, 2.24) is 0 Å². The van der Waals surface area contributed by atoms with Crippen LogP contribution < -0.4 is 4.65 Å². The molecule has 3 N–H and O–H groups in total. The fourth-order valence-electron chi connectivity index (χ4n) is 1.47. The van der Waals surface area contributed by atoms with Gasteiger partial charge in [0, 0.05) is 10.4 Å². The van der Waals surface area contributed by atoms with Gasteiger partial charge in [-0.2, -0.15) is 0 Å². The molecule has 0 amide bonds. The van der Waals surface area contributed by atoms with Crippen molar-refractivity contribution >= 4 is 29.7 Å². The third-order valence-electron chi connectivity index (χ3n) is 2.15. The minimum absolute atomic E-state index is 0.00447. The quantitative estimate of drug-likeness (QED) is 0.694. The van der Waals surface area contributed by atoms with Gasteiger partial charge in [-0.1, -0.05) is 17.7 Å². The second-order valence-electron chi connectivity index (χ2n) is 3.22. The highest BCUT2D eigenvalue weighted by Crippen LogP contribution is 2.35. The molecule has 0 aliphatic heterocycles. The van der Waals surface area contributed by atoms with Gasteiger partial charge in [-0.05, 0) is 29.7 Å². The van der Waals surface area contributed by atoms with Crippen molar-refractivity contribution in [2.45, 2.75) is 0 Å². The van der Waals surface area contributed by atoms with Crippen molar-refractivity contribution in [2.75, 3.05) is 0 Å². The molecule has 16 heavy (non-hydrogen) atoms. The number of rotatable bonds is 2. The van der Waals surface area contributed by atoms with E-state index in [9.17, 15) is 5.11 Å². The first-order valence-electron chi connectivity index (χ1n) is 4.52. The zero-order valence-corrected chi connectivity index (χ0v) is 8.85. The topological polar surface area (TPSA) is 69.9 Å². The molecular formula is C10H8BClO4. The number of hydrogen-bond donors (Lipinski definition) is 3. The molecule has 0 spiro atoms. The van der Waals surface area contributed by atoms with Crippen LogP contribution in [0.1, 0.15) is 0 Å². The number of halogens is 1. The fourth-order valence-corrected chi connectivity index (χ4v) is 1.65. The Bertz CT molecular complexity index is 529. The summed E-state index contributed by atoms with van der Waals surface area (Å²) in [7, 11) is -1.96. The van der Waals surface area contributed by atoms with Crippen LogP contribution in [0.5, 0.6) is 11.5 Å². The highest BCUT2D eigenvalue weighted by Gasteiger charge is 2.15. The van der Waals surface area contributed by atoms with Crippen molar-refractivity contribution in [3.8, 4) is 11.5 Å². The van der Waals surface area contributed by atoms with E-state index in [0.717, 1.165) is 5.39 Å². The normalized spacial score (nSPS) is 10.4. The van der Waals surface area contributed by atoms with Crippen molar-refractivity contribution < 1.29 is 19.8 Å². The molecule has 4 nitrogen and oxygen atoms in total. The predicted molar refractivity (Wildman–Crippen MR) is 61.4 cm³/mol. The van der Waals surface area contributed by atoms with E-state index < -0.39 is 7.32 Å². The summed E-state index contributed by atoms with van der Waals surface area (Å²) in [5.41, 5.74) is 0. The zero-order chi connectivity index (χ0) is 11.7. The Balaban J connectivity index is 2.56. The summed E-state index contributed by atoms with van der Waals surface area (Å²) in [4.78, 5) is 0. The Morgan fingerprint density at radius 3 is 2.56 bits per heavy atom. The third kappa shape index (κ3) is 2.06. The molecule has 0 fully saturated rings. The second kappa shape index (κ2) is 4.21. The molecule has 6 heteroatoms. The van der Waals surface area contributed by atoms with Gasteiger partial charge in [0.25, 0.3) is 0 Å². The zero-order valence-electron chi connectivity index (χ0n) is 8.09. The van der Waals surface area contributed by atoms with Crippen molar-refractivity contribution in [3.63, 3.8) is 0 Å². The largest absolute Gasteiger partial charge is 0.707 e. The second-order valence-corrected chi connectivity index (χ2v) is 3.66. The van der Waals surface area contributed by atoms with E-state index in [1.807, 2.05) is 0 Å². The smallest absolute Gasteiger partial charge is 0.509 e. The Morgan fingerprint density at radius 2 is 1.88 bits per heavy atom. The lowest BCUT2D eigenvalue weighted by atomic mass is 10.1. The first-order valence-corrected chi connectivity index (χ1v) is 4.90. The van der Waals surface area contributed by atoms with E-state index in [4.69, 9.17) is 21.6 Å². The van der Waals surface area contributed by atoms with Gasteiger partial charge < -0.3 is 19.8 Å². The van der Waals surface area contributed by atoms with E-state index in [1.54, 1.807) is 24.3 Å². The number of phenolic OH excluding ortho intramolecular Hbond substituents is 1. The van der Waals surface area contributed by atoms with E-state index >= 15 is 0 Å². The molecule has 2 aromatic carbocycles. The Hall–Kier alpha value is -1.43. The molecule has 0 saturated carbocycles. The summed E-state index contributed by atoms with van der Waals surface area (Å²) in [5.74, 6) is -0.146. The summed E-state index contributed by atoms with van der Waals surface area (Å²) in [6.45, 7) is 0. The van der Waals surface area contributed by atoms with Gasteiger partial charge >= 0.3 is 7.32 Å². The number of phenols is 1. The van der Waals surface area contributed by atoms with E-state index in [2.05, 4.69) is 4.65 Å². The van der Waals surface area contributed by atoms with Gasteiger partial charge in [-0.15, -0.1) is 0 Å². The molecular weight excluding hydrogens is 230 g/mol. The van der Waals surface area contributed by atoms with Crippen LogP contribution in [-0.4, -0.2) is 22.5 Å². The van der Waals surface area contributed by atoms with Crippen LogP contribution >= 0.6 is 11.6 Å². The summed E-state index contributed by atoms with van der Waals surface area (Å²) < 4.78 is 4.61. The summed E-state index contributed by atoms with van der Waals surface area (Å²) in [6.07, 6.45) is 0. The van der Waals surface area contributed by atoms with Crippen LogP contribution in [0.2, 0.25) is 5.02 Å². The van der Waals surface area contributed by atoms with Gasteiger partial charge in [-0.25, -0.2) is 0 Å². The molecule has 0 radical (unpaired) electrons. The molecule has 0 bridgehead atoms. The van der Waals surface area contributed by atoms with Crippen LogP contribution in [0.3, 0.4) is 0 Å². The summed E-state index contributed by atoms with van der Waals surface area (Å²) in [6, 6.07) is 8.05. The molecule has 0 aromatic heterocycles. The SMILES string of the molecule is OB(O)Oc1ccc2cc(Cl)ccc2c1O. The minimum Gasteiger partial charge on any atom is -0.509 e. The molecule has 2 rings (SSSR count). The standard InChI is InChI=1S/C10H8BClO4/c12-7-2-3-8-6(5-7)1-4-9(10(8)13)16-11(14)15/h1-5,13-15H. The lowest BCUT2D eigenvalue weighted by Crippen LogP contribution is -2.20. The molecule has 2 aromatic rings. The highest BCUT2D eigenvalue weighted by molar-refractivity contribution is 6.34. The van der Waals surface area contributed by atoms with Gasteiger partial charge in [0.15, 0.2) is 5.75 Å². The Kier molecular flexibility index (Phi) is 2.91. The maximum Gasteiger partial charge on any atom is 0.707 e. The van der Waals surface area contributed by atoms with Crippen LogP contribution in [0, 0.1) is 0 Å². The first kappa shape index (κ1) is 11.1. The van der Waals surface area contributed by atoms with E-state index in [0.29, 0.717) is 10.4 Å². The van der Waals surface area contributed by atoms with Crippen LogP contribution in [0.15, 0.2) is 30.3 Å². The number of fused-ring (bicyclic) bond motifs is 1. The Morgan fingerprint density at radius 1 is 1.12 bits per heavy atom. The molecule has 0 aliphatic carbocycles. The minimum atomic E-state index is -1.96. The van der Waals surface area contributed by atoms with Crippen LogP contribution in [0.4, 0.5) is 0 Å². The number of aromatic hydroxyl groups is 1. The number of benzene rings is 2. The monoisotopic (exact) mass is 238 g/mol. The third-order valence-corrected chi connectivity index (χ3v) is 2.38. The maximum absolute atomic E-state index is 9.80. The molecule has 82 valence electrons. The van der Waals surface area contributed by atoms with Gasteiger partial charge in [0.2, 0.25) is 0 Å². The van der Waals surface area contributed by atoms with Crippen molar-refractivity contribution in [3.05, 3.63) is 35.4 Å². The van der Waals surface area contributed by atoms with Gasteiger partial charge in [0.1, 0.15) is 5.75 Å². The van der Waals surface area contributed by atoms with Gasteiger partial charge in [-0.3, -0.25) is 0 Å². The maximum atomic E-state index is 9.80. The molecule has 0 heterocycles. The molecule has 0 saturated heterocycles. The summed E-state index contributed by atoms with van der Waals surface area (Å²) >= 11 is 5.80. The van der Waals surface area contributed by atoms with Gasteiger partial charge in [0.05, 0.1) is 0 Å². The van der Waals surface area contributed by atoms with Crippen LogP contribution in [-0.2, 0) is 0 Å².